The molecule has 0 saturated heterocycles. The summed E-state index contributed by atoms with van der Waals surface area (Å²) in [5.74, 6) is 0.755. The summed E-state index contributed by atoms with van der Waals surface area (Å²) in [6.45, 7) is 6.16. The van der Waals surface area contributed by atoms with Crippen molar-refractivity contribution in [3.8, 4) is 0 Å². The standard InChI is InChI=1S/C18H35N3O2.HI/c1-3-19-16(21-14-18(23)11-6-4-7-12-18)20-13-17(2)10-8-5-9-15(17)22;/h15,22-23H,3-14H2,1-2H3,(H2,19,20,21);1H. The maximum Gasteiger partial charge on any atom is 0.191 e. The number of hydrogen-bond acceptors (Lipinski definition) is 3. The third-order valence-electron chi connectivity index (χ3n) is 5.59. The number of halogens is 1. The average molecular weight is 453 g/mol. The molecule has 2 aliphatic carbocycles. The lowest BCUT2D eigenvalue weighted by Gasteiger charge is -2.37. The average Bonchev–Trinajstić information content (AvgIpc) is 2.54. The van der Waals surface area contributed by atoms with Crippen LogP contribution in [0.3, 0.4) is 0 Å². The first kappa shape index (κ1) is 22.0. The van der Waals surface area contributed by atoms with Crippen molar-refractivity contribution < 1.29 is 10.2 Å². The fourth-order valence-electron chi connectivity index (χ4n) is 3.80. The van der Waals surface area contributed by atoms with Crippen LogP contribution in [0.4, 0.5) is 0 Å². The molecule has 0 aromatic rings. The van der Waals surface area contributed by atoms with Gasteiger partial charge in [0.15, 0.2) is 5.96 Å². The summed E-state index contributed by atoms with van der Waals surface area (Å²) in [5, 5.41) is 27.5. The van der Waals surface area contributed by atoms with E-state index in [0.29, 0.717) is 13.1 Å². The van der Waals surface area contributed by atoms with Crippen LogP contribution in [0.2, 0.25) is 0 Å². The van der Waals surface area contributed by atoms with Crippen molar-refractivity contribution in [1.29, 1.82) is 0 Å². The van der Waals surface area contributed by atoms with Crippen LogP contribution in [0, 0.1) is 5.41 Å². The summed E-state index contributed by atoms with van der Waals surface area (Å²) in [6, 6.07) is 0. The van der Waals surface area contributed by atoms with E-state index in [-0.39, 0.29) is 35.5 Å². The highest BCUT2D eigenvalue weighted by Crippen LogP contribution is 2.36. The van der Waals surface area contributed by atoms with Crippen molar-refractivity contribution in [3.63, 3.8) is 0 Å². The highest BCUT2D eigenvalue weighted by molar-refractivity contribution is 14.0. The van der Waals surface area contributed by atoms with Gasteiger partial charge in [-0.05, 0) is 32.6 Å². The summed E-state index contributed by atoms with van der Waals surface area (Å²) in [5.41, 5.74) is -0.717. The van der Waals surface area contributed by atoms with Crippen molar-refractivity contribution in [2.75, 3.05) is 19.6 Å². The lowest BCUT2D eigenvalue weighted by atomic mass is 9.73. The van der Waals surface area contributed by atoms with Gasteiger partial charge in [-0.1, -0.05) is 39.0 Å². The molecule has 0 radical (unpaired) electrons. The van der Waals surface area contributed by atoms with Crippen LogP contribution in [0.15, 0.2) is 4.99 Å². The minimum Gasteiger partial charge on any atom is -0.392 e. The third-order valence-corrected chi connectivity index (χ3v) is 5.59. The first-order chi connectivity index (χ1) is 11.0. The minimum absolute atomic E-state index is 0. The number of hydrogen-bond donors (Lipinski definition) is 4. The largest absolute Gasteiger partial charge is 0.392 e. The van der Waals surface area contributed by atoms with Gasteiger partial charge in [0.25, 0.3) is 0 Å². The zero-order valence-corrected chi connectivity index (χ0v) is 17.6. The maximum absolute atomic E-state index is 10.6. The summed E-state index contributed by atoms with van der Waals surface area (Å²) in [7, 11) is 0. The normalized spacial score (nSPS) is 30.3. The Kier molecular flexibility index (Phi) is 9.30. The summed E-state index contributed by atoms with van der Waals surface area (Å²) in [4.78, 5) is 4.70. The molecule has 2 aliphatic rings. The zero-order valence-electron chi connectivity index (χ0n) is 15.3. The van der Waals surface area contributed by atoms with Gasteiger partial charge in [0.2, 0.25) is 0 Å². The van der Waals surface area contributed by atoms with Crippen LogP contribution in [-0.2, 0) is 0 Å². The SMILES string of the molecule is CCNC(=NCC1(C)CCCCC1O)NCC1(O)CCCCC1.I. The minimum atomic E-state index is -0.595. The molecule has 142 valence electrons. The van der Waals surface area contributed by atoms with Crippen molar-refractivity contribution in [2.24, 2.45) is 10.4 Å². The van der Waals surface area contributed by atoms with Crippen LogP contribution < -0.4 is 10.6 Å². The van der Waals surface area contributed by atoms with Crippen molar-refractivity contribution in [3.05, 3.63) is 0 Å². The van der Waals surface area contributed by atoms with Crippen molar-refractivity contribution in [2.45, 2.75) is 83.3 Å². The number of aliphatic hydroxyl groups is 2. The first-order valence-corrected chi connectivity index (χ1v) is 9.40. The van der Waals surface area contributed by atoms with E-state index in [4.69, 9.17) is 4.99 Å². The van der Waals surface area contributed by atoms with Crippen LogP contribution in [-0.4, -0.2) is 47.5 Å². The van der Waals surface area contributed by atoms with Gasteiger partial charge in [-0.25, -0.2) is 0 Å². The molecule has 2 fully saturated rings. The number of nitrogens with one attached hydrogen (secondary N) is 2. The predicted molar refractivity (Wildman–Crippen MR) is 110 cm³/mol. The molecule has 0 amide bonds. The van der Waals surface area contributed by atoms with Gasteiger partial charge in [-0.2, -0.15) is 0 Å². The molecule has 5 nitrogen and oxygen atoms in total. The van der Waals surface area contributed by atoms with E-state index in [1.807, 2.05) is 6.92 Å². The molecule has 2 atom stereocenters. The van der Waals surface area contributed by atoms with Gasteiger partial charge >= 0.3 is 0 Å². The molecule has 4 N–H and O–H groups in total. The smallest absolute Gasteiger partial charge is 0.191 e. The molecule has 2 unspecified atom stereocenters. The second-order valence-electron chi connectivity index (χ2n) is 7.75. The highest BCUT2D eigenvalue weighted by Gasteiger charge is 2.35. The van der Waals surface area contributed by atoms with Gasteiger partial charge in [0, 0.05) is 18.5 Å². The molecular weight excluding hydrogens is 417 g/mol. The number of rotatable bonds is 5. The summed E-state index contributed by atoms with van der Waals surface area (Å²) >= 11 is 0. The number of nitrogens with zero attached hydrogens (tertiary/aromatic N) is 1. The number of aliphatic hydroxyl groups excluding tert-OH is 1. The Balaban J connectivity index is 0.00000288. The lowest BCUT2D eigenvalue weighted by Crippen LogP contribution is -2.48. The lowest BCUT2D eigenvalue weighted by molar-refractivity contribution is 0.00595. The van der Waals surface area contributed by atoms with Crippen LogP contribution in [0.1, 0.15) is 71.6 Å². The molecule has 0 bridgehead atoms. The molecule has 0 aliphatic heterocycles. The number of aliphatic imine (C=N–C) groups is 1. The monoisotopic (exact) mass is 453 g/mol. The Labute approximate surface area is 164 Å². The maximum atomic E-state index is 10.6. The van der Waals surface area contributed by atoms with E-state index in [1.165, 1.54) is 12.8 Å². The van der Waals surface area contributed by atoms with Gasteiger partial charge in [-0.3, -0.25) is 4.99 Å². The van der Waals surface area contributed by atoms with Crippen LogP contribution in [0.5, 0.6) is 0 Å². The van der Waals surface area contributed by atoms with Crippen LogP contribution >= 0.6 is 24.0 Å². The molecule has 24 heavy (non-hydrogen) atoms. The van der Waals surface area contributed by atoms with E-state index in [2.05, 4.69) is 17.6 Å². The Hall–Kier alpha value is -0.0800. The fraction of sp³-hybridized carbons (Fsp3) is 0.944. The van der Waals surface area contributed by atoms with Gasteiger partial charge < -0.3 is 20.8 Å². The Morgan fingerprint density at radius 3 is 2.38 bits per heavy atom. The zero-order chi connectivity index (χ0) is 16.8. The molecule has 0 aromatic heterocycles. The van der Waals surface area contributed by atoms with Gasteiger partial charge in [0.05, 0.1) is 18.2 Å². The van der Waals surface area contributed by atoms with E-state index >= 15 is 0 Å². The molecule has 0 heterocycles. The van der Waals surface area contributed by atoms with E-state index in [9.17, 15) is 10.2 Å². The van der Waals surface area contributed by atoms with Crippen molar-refractivity contribution in [1.82, 2.24) is 10.6 Å². The Bertz CT molecular complexity index is 400. The quantitative estimate of drug-likeness (QED) is 0.293. The summed E-state index contributed by atoms with van der Waals surface area (Å²) in [6.07, 6.45) is 9.13. The first-order valence-electron chi connectivity index (χ1n) is 9.40. The fourth-order valence-corrected chi connectivity index (χ4v) is 3.80. The van der Waals surface area contributed by atoms with E-state index in [1.54, 1.807) is 0 Å². The van der Waals surface area contributed by atoms with Crippen molar-refractivity contribution >= 4 is 29.9 Å². The topological polar surface area (TPSA) is 76.9 Å². The highest BCUT2D eigenvalue weighted by atomic mass is 127. The molecule has 0 aromatic carbocycles. The molecule has 0 spiro atoms. The number of guanidine groups is 1. The van der Waals surface area contributed by atoms with Gasteiger partial charge in [-0.15, -0.1) is 24.0 Å². The molecule has 6 heteroatoms. The van der Waals surface area contributed by atoms with E-state index in [0.717, 1.165) is 57.5 Å². The van der Waals surface area contributed by atoms with Gasteiger partial charge in [0.1, 0.15) is 0 Å². The third kappa shape index (κ3) is 6.33. The predicted octanol–water partition coefficient (Wildman–Crippen LogP) is 2.80. The second-order valence-corrected chi connectivity index (χ2v) is 7.75. The second kappa shape index (κ2) is 10.2. The molecule has 2 rings (SSSR count). The van der Waals surface area contributed by atoms with Crippen LogP contribution in [0.25, 0.3) is 0 Å². The Morgan fingerprint density at radius 1 is 1.08 bits per heavy atom. The molecular formula is C18H36IN3O2. The molecule has 2 saturated carbocycles. The Morgan fingerprint density at radius 2 is 1.75 bits per heavy atom. The summed E-state index contributed by atoms with van der Waals surface area (Å²) < 4.78 is 0. The van der Waals surface area contributed by atoms with E-state index < -0.39 is 5.60 Å².